The molecule has 0 saturated heterocycles. The Labute approximate surface area is 212 Å². The quantitative estimate of drug-likeness (QED) is 0.276. The zero-order chi connectivity index (χ0) is 27.8. The molecule has 2 aromatic heterocycles. The molecular weight excluding hydrogens is 515 g/mol. The maximum atomic E-state index is 14.1. The van der Waals surface area contributed by atoms with E-state index in [2.05, 4.69) is 15.3 Å². The molecule has 13 heteroatoms. The van der Waals surface area contributed by atoms with Gasteiger partial charge in [0.2, 0.25) is 5.89 Å². The molecule has 38 heavy (non-hydrogen) atoms. The first-order chi connectivity index (χ1) is 18.0. The zero-order valence-corrected chi connectivity index (χ0v) is 20.0. The normalized spacial score (nSPS) is 12.5. The van der Waals surface area contributed by atoms with E-state index >= 15 is 0 Å². The lowest BCUT2D eigenvalue weighted by atomic mass is 10.1. The van der Waals surface area contributed by atoms with E-state index in [1.54, 1.807) is 6.92 Å². The summed E-state index contributed by atoms with van der Waals surface area (Å²) in [4.78, 5) is 20.9. The van der Waals surface area contributed by atoms with Crippen LogP contribution in [0.5, 0.6) is 11.5 Å². The molecule has 200 valence electrons. The van der Waals surface area contributed by atoms with Crippen LogP contribution in [0.3, 0.4) is 0 Å². The second kappa shape index (κ2) is 10.2. The Bertz CT molecular complexity index is 1520. The molecule has 4 aromatic rings. The van der Waals surface area contributed by atoms with E-state index < -0.39 is 47.7 Å². The summed E-state index contributed by atoms with van der Waals surface area (Å²) in [5.74, 6) is -4.42. The molecule has 8 nitrogen and oxygen atoms in total. The van der Waals surface area contributed by atoms with Crippen LogP contribution in [0.2, 0.25) is 0 Å². The highest BCUT2D eigenvalue weighted by Crippen LogP contribution is 2.37. The zero-order valence-electron chi connectivity index (χ0n) is 20.0. The average molecular weight is 536 g/mol. The van der Waals surface area contributed by atoms with Gasteiger partial charge in [0.1, 0.15) is 17.0 Å². The average Bonchev–Trinajstić information content (AvgIpc) is 3.34. The summed E-state index contributed by atoms with van der Waals surface area (Å²) in [5.41, 5.74) is 4.69. The molecule has 2 aromatic carbocycles. The van der Waals surface area contributed by atoms with Crippen molar-refractivity contribution < 1.29 is 41.0 Å². The number of carbonyl (C=O) groups is 1. The summed E-state index contributed by atoms with van der Waals surface area (Å²) < 4.78 is 78.2. The second-order valence-corrected chi connectivity index (χ2v) is 8.20. The predicted molar refractivity (Wildman–Crippen MR) is 125 cm³/mol. The lowest BCUT2D eigenvalue weighted by Gasteiger charge is -2.11. The number of nitrogens with one attached hydrogen (secondary N) is 1. The summed E-state index contributed by atoms with van der Waals surface area (Å²) in [6, 6.07) is 5.99. The van der Waals surface area contributed by atoms with Gasteiger partial charge >= 0.3 is 6.18 Å². The Kier molecular flexibility index (Phi) is 7.22. The minimum atomic E-state index is -4.69. The number of nitrogens with two attached hydrogens (primary N) is 1. The van der Waals surface area contributed by atoms with Crippen molar-refractivity contribution in [3.63, 3.8) is 0 Å². The molecule has 2 heterocycles. The molecule has 0 bridgehead atoms. The van der Waals surface area contributed by atoms with Gasteiger partial charge in [0.05, 0.1) is 13.2 Å². The molecule has 1 amide bonds. The molecule has 0 radical (unpaired) electrons. The maximum absolute atomic E-state index is 14.1. The Morgan fingerprint density at radius 2 is 1.89 bits per heavy atom. The molecule has 0 aliphatic rings. The Morgan fingerprint density at radius 3 is 2.55 bits per heavy atom. The summed E-state index contributed by atoms with van der Waals surface area (Å²) in [7, 11) is 1.28. The van der Waals surface area contributed by atoms with Gasteiger partial charge in [-0.05, 0) is 36.8 Å². The molecule has 0 fully saturated rings. The van der Waals surface area contributed by atoms with Crippen molar-refractivity contribution in [1.82, 2.24) is 15.3 Å². The van der Waals surface area contributed by atoms with Crippen molar-refractivity contribution in [2.75, 3.05) is 7.11 Å². The fraction of sp³-hybridized carbons (Fsp3) is 0.240. The highest BCUT2D eigenvalue weighted by atomic mass is 19.4. The van der Waals surface area contributed by atoms with Crippen LogP contribution in [0, 0.1) is 11.6 Å². The number of aromatic hydroxyl groups is 1. The number of benzene rings is 2. The Balaban J connectivity index is 1.75. The van der Waals surface area contributed by atoms with Crippen LogP contribution in [0.1, 0.15) is 46.9 Å². The monoisotopic (exact) mass is 536 g/mol. The van der Waals surface area contributed by atoms with Crippen molar-refractivity contribution in [1.29, 1.82) is 0 Å². The van der Waals surface area contributed by atoms with E-state index in [4.69, 9.17) is 14.9 Å². The first-order valence-corrected chi connectivity index (χ1v) is 11.2. The molecule has 0 spiro atoms. The minimum absolute atomic E-state index is 0.00809. The topological polar surface area (TPSA) is 124 Å². The number of aromatic nitrogens is 2. The van der Waals surface area contributed by atoms with Crippen LogP contribution < -0.4 is 15.8 Å². The molecule has 4 N–H and O–H groups in total. The van der Waals surface area contributed by atoms with E-state index in [0.29, 0.717) is 6.42 Å². The van der Waals surface area contributed by atoms with Gasteiger partial charge in [0.25, 0.3) is 5.91 Å². The second-order valence-electron chi connectivity index (χ2n) is 8.20. The van der Waals surface area contributed by atoms with Crippen LogP contribution in [0.25, 0.3) is 22.4 Å². The molecule has 0 aliphatic heterocycles. The number of phenols is 1. The van der Waals surface area contributed by atoms with Crippen molar-refractivity contribution in [2.24, 2.45) is 5.73 Å². The standard InChI is InChI=1S/C25H21F5N4O4/c1-3-15(31)22-20(23(36)32-10-11-4-7-14(26)21(35)18(11)27)34-24(38-22)13-5-8-16(37-2)19-12(13)6-9-17(33-19)25(28,29)30/h4-9,15,35H,3,10,31H2,1-2H3,(H,32,36)/t15-/m0/s1. The van der Waals surface area contributed by atoms with Gasteiger partial charge in [0, 0.05) is 23.1 Å². The molecule has 0 saturated carbocycles. The third-order valence-corrected chi connectivity index (χ3v) is 5.79. The summed E-state index contributed by atoms with van der Waals surface area (Å²) in [6.07, 6.45) is -4.35. The third-order valence-electron chi connectivity index (χ3n) is 5.79. The van der Waals surface area contributed by atoms with Crippen molar-refractivity contribution in [2.45, 2.75) is 32.1 Å². The number of oxazole rings is 1. The molecule has 1 atom stereocenters. The number of methoxy groups -OCH3 is 1. The van der Waals surface area contributed by atoms with Crippen molar-refractivity contribution in [3.8, 4) is 23.0 Å². The van der Waals surface area contributed by atoms with Crippen molar-refractivity contribution in [3.05, 3.63) is 70.7 Å². The van der Waals surface area contributed by atoms with Gasteiger partial charge in [-0.2, -0.15) is 13.2 Å². The number of hydrogen-bond donors (Lipinski definition) is 3. The smallest absolute Gasteiger partial charge is 0.433 e. The first-order valence-electron chi connectivity index (χ1n) is 11.2. The number of halogens is 5. The molecular formula is C25H21F5N4O4. The van der Waals surface area contributed by atoms with E-state index in [-0.39, 0.29) is 45.1 Å². The fourth-order valence-electron chi connectivity index (χ4n) is 3.73. The predicted octanol–water partition coefficient (Wildman–Crippen LogP) is 5.24. The molecule has 0 unspecified atom stereocenters. The SMILES string of the molecule is CC[C@H](N)c1oc(-c2ccc(OC)c3nc(C(F)(F)F)ccc23)nc1C(=O)NCc1ccc(F)c(O)c1F. The first kappa shape index (κ1) is 26.8. The number of ether oxygens (including phenoxy) is 1. The lowest BCUT2D eigenvalue weighted by Crippen LogP contribution is -2.26. The van der Waals surface area contributed by atoms with Crippen molar-refractivity contribution >= 4 is 16.8 Å². The molecule has 0 aliphatic carbocycles. The van der Waals surface area contributed by atoms with Gasteiger partial charge < -0.3 is 25.3 Å². The molecule has 4 rings (SSSR count). The van der Waals surface area contributed by atoms with E-state index in [1.165, 1.54) is 25.3 Å². The number of pyridine rings is 1. The summed E-state index contributed by atoms with van der Waals surface area (Å²) in [6.45, 7) is 1.31. The van der Waals surface area contributed by atoms with Crippen LogP contribution in [0.4, 0.5) is 22.0 Å². The fourth-order valence-corrected chi connectivity index (χ4v) is 3.73. The number of nitrogens with zero attached hydrogens (tertiary/aromatic N) is 2. The Hall–Kier alpha value is -4.26. The third kappa shape index (κ3) is 4.96. The van der Waals surface area contributed by atoms with E-state index in [9.17, 15) is 31.9 Å². The van der Waals surface area contributed by atoms with E-state index in [0.717, 1.165) is 18.2 Å². The van der Waals surface area contributed by atoms with Gasteiger partial charge in [-0.3, -0.25) is 4.79 Å². The summed E-state index contributed by atoms with van der Waals surface area (Å²) in [5, 5.41) is 12.1. The number of hydrogen-bond acceptors (Lipinski definition) is 7. The number of rotatable bonds is 7. The van der Waals surface area contributed by atoms with Crippen LogP contribution in [0.15, 0.2) is 40.8 Å². The number of alkyl halides is 3. The lowest BCUT2D eigenvalue weighted by molar-refractivity contribution is -0.140. The van der Waals surface area contributed by atoms with E-state index in [1.807, 2.05) is 0 Å². The Morgan fingerprint density at radius 1 is 1.16 bits per heavy atom. The van der Waals surface area contributed by atoms with Gasteiger partial charge in [-0.15, -0.1) is 0 Å². The van der Waals surface area contributed by atoms with Crippen LogP contribution >= 0.6 is 0 Å². The highest BCUT2D eigenvalue weighted by Gasteiger charge is 2.33. The highest BCUT2D eigenvalue weighted by molar-refractivity contribution is 5.98. The van der Waals surface area contributed by atoms with Gasteiger partial charge in [-0.25, -0.2) is 18.7 Å². The number of carbonyl (C=O) groups excluding carboxylic acids is 1. The minimum Gasteiger partial charge on any atom is -0.503 e. The summed E-state index contributed by atoms with van der Waals surface area (Å²) >= 11 is 0. The maximum Gasteiger partial charge on any atom is 0.433 e. The van der Waals surface area contributed by atoms with Gasteiger partial charge in [-0.1, -0.05) is 13.0 Å². The van der Waals surface area contributed by atoms with Crippen LogP contribution in [-0.2, 0) is 12.7 Å². The largest absolute Gasteiger partial charge is 0.503 e. The van der Waals surface area contributed by atoms with Crippen LogP contribution in [-0.4, -0.2) is 28.1 Å². The number of phenolic OH excluding ortho intramolecular Hbond substituents is 1. The van der Waals surface area contributed by atoms with Gasteiger partial charge in [0.15, 0.2) is 28.8 Å². The number of fused-ring (bicyclic) bond motifs is 1. The number of amides is 1.